The number of hydrogen-bond donors (Lipinski definition) is 0. The van der Waals surface area contributed by atoms with E-state index < -0.39 is 0 Å². The van der Waals surface area contributed by atoms with Gasteiger partial charge in [0.1, 0.15) is 6.10 Å². The summed E-state index contributed by atoms with van der Waals surface area (Å²) in [6, 6.07) is 0. The molecule has 1 heterocycles. The first kappa shape index (κ1) is 13.1. The van der Waals surface area contributed by atoms with E-state index in [0.29, 0.717) is 6.42 Å². The number of rotatable bonds is 6. The lowest BCUT2D eigenvalue weighted by molar-refractivity contribution is -0.155. The van der Waals surface area contributed by atoms with Gasteiger partial charge in [-0.2, -0.15) is 0 Å². The maximum Gasteiger partial charge on any atom is 0.310 e. The van der Waals surface area contributed by atoms with Crippen LogP contribution < -0.4 is 0 Å². The van der Waals surface area contributed by atoms with Crippen molar-refractivity contribution in [2.45, 2.75) is 38.2 Å². The molecule has 3 atom stereocenters. The molecule has 2 bridgehead atoms. The molecule has 2 rings (SSSR count). The lowest BCUT2D eigenvalue weighted by atomic mass is 9.94. The first-order valence-corrected chi connectivity index (χ1v) is 6.70. The first-order valence-electron chi connectivity index (χ1n) is 6.70. The van der Waals surface area contributed by atoms with Crippen molar-refractivity contribution in [3.8, 4) is 0 Å². The molecule has 0 N–H and O–H groups in total. The molecule has 0 aromatic heterocycles. The molecule has 0 aromatic carbocycles. The largest absolute Gasteiger partial charge is 0.462 e. The van der Waals surface area contributed by atoms with Crippen LogP contribution in [0.2, 0.25) is 0 Å². The van der Waals surface area contributed by atoms with Gasteiger partial charge in [0.2, 0.25) is 5.91 Å². The van der Waals surface area contributed by atoms with Crippen LogP contribution in [0.3, 0.4) is 0 Å². The highest BCUT2D eigenvalue weighted by Crippen LogP contribution is 2.41. The molecular weight excluding hydrogens is 230 g/mol. The number of carbonyl (C=O) groups excluding carboxylic acids is 2. The Morgan fingerprint density at radius 3 is 2.89 bits per heavy atom. The molecule has 4 nitrogen and oxygen atoms in total. The van der Waals surface area contributed by atoms with E-state index in [1.165, 1.54) is 0 Å². The summed E-state index contributed by atoms with van der Waals surface area (Å²) in [6.45, 7) is 4.44. The molecule has 0 unspecified atom stereocenters. The highest BCUT2D eigenvalue weighted by molar-refractivity contribution is 5.87. The van der Waals surface area contributed by atoms with Crippen LogP contribution >= 0.6 is 0 Å². The average Bonchev–Trinajstić information content (AvgIpc) is 2.92. The molecule has 4 heteroatoms. The lowest BCUT2D eigenvalue weighted by Crippen LogP contribution is -2.39. The molecule has 0 aromatic rings. The molecule has 1 aliphatic carbocycles. The molecule has 2 fully saturated rings. The molecular formula is C14H21NO3. The SMILES string of the molecule is C=CCCCCN(C)C(=O)[C@@H]1C[C@@H]2C[C@@H]1C(=O)O2. The molecule has 1 saturated carbocycles. The Labute approximate surface area is 108 Å². The predicted octanol–water partition coefficient (Wildman–Crippen LogP) is 1.75. The van der Waals surface area contributed by atoms with E-state index >= 15 is 0 Å². The van der Waals surface area contributed by atoms with Crippen molar-refractivity contribution in [1.29, 1.82) is 0 Å². The van der Waals surface area contributed by atoms with E-state index in [1.54, 1.807) is 4.90 Å². The lowest BCUT2D eigenvalue weighted by Gasteiger charge is -2.25. The van der Waals surface area contributed by atoms with Gasteiger partial charge in [-0.1, -0.05) is 6.08 Å². The topological polar surface area (TPSA) is 46.6 Å². The Morgan fingerprint density at radius 2 is 2.28 bits per heavy atom. The Hall–Kier alpha value is -1.32. The van der Waals surface area contributed by atoms with E-state index in [1.807, 2.05) is 13.1 Å². The maximum absolute atomic E-state index is 12.2. The Morgan fingerprint density at radius 1 is 1.50 bits per heavy atom. The van der Waals surface area contributed by atoms with Gasteiger partial charge in [0.05, 0.1) is 11.8 Å². The zero-order valence-electron chi connectivity index (χ0n) is 10.9. The monoisotopic (exact) mass is 251 g/mol. The van der Waals surface area contributed by atoms with Crippen molar-refractivity contribution in [3.63, 3.8) is 0 Å². The van der Waals surface area contributed by atoms with Crippen LogP contribution in [0.4, 0.5) is 0 Å². The van der Waals surface area contributed by atoms with Crippen LogP contribution in [0.25, 0.3) is 0 Å². The van der Waals surface area contributed by atoms with Crippen LogP contribution in [0, 0.1) is 11.8 Å². The van der Waals surface area contributed by atoms with E-state index in [0.717, 1.165) is 32.2 Å². The summed E-state index contributed by atoms with van der Waals surface area (Å²) < 4.78 is 5.11. The van der Waals surface area contributed by atoms with Gasteiger partial charge in [-0.15, -0.1) is 6.58 Å². The summed E-state index contributed by atoms with van der Waals surface area (Å²) in [5.41, 5.74) is 0. The van der Waals surface area contributed by atoms with Gasteiger partial charge in [0, 0.05) is 13.6 Å². The predicted molar refractivity (Wildman–Crippen MR) is 67.8 cm³/mol. The van der Waals surface area contributed by atoms with Gasteiger partial charge in [0.15, 0.2) is 0 Å². The number of esters is 1. The maximum atomic E-state index is 12.2. The summed E-state index contributed by atoms with van der Waals surface area (Å²) in [6.07, 6.45) is 6.37. The number of unbranched alkanes of at least 4 members (excludes halogenated alkanes) is 2. The van der Waals surface area contributed by atoms with Crippen LogP contribution in [-0.2, 0) is 14.3 Å². The molecule has 18 heavy (non-hydrogen) atoms. The second kappa shape index (κ2) is 5.55. The summed E-state index contributed by atoms with van der Waals surface area (Å²) in [5.74, 6) is -0.388. The minimum atomic E-state index is -0.182. The van der Waals surface area contributed by atoms with Gasteiger partial charge in [-0.25, -0.2) is 0 Å². The fraction of sp³-hybridized carbons (Fsp3) is 0.714. The Bertz CT molecular complexity index is 353. The normalized spacial score (nSPS) is 29.2. The molecule has 0 radical (unpaired) electrons. The Kier molecular flexibility index (Phi) is 4.04. The van der Waals surface area contributed by atoms with Crippen LogP contribution in [0.5, 0.6) is 0 Å². The summed E-state index contributed by atoms with van der Waals surface area (Å²) in [7, 11) is 1.83. The summed E-state index contributed by atoms with van der Waals surface area (Å²) in [5, 5.41) is 0. The van der Waals surface area contributed by atoms with Crippen molar-refractivity contribution in [2.24, 2.45) is 11.8 Å². The number of carbonyl (C=O) groups is 2. The second-order valence-corrected chi connectivity index (χ2v) is 5.29. The first-order chi connectivity index (χ1) is 8.63. The number of amides is 1. The van der Waals surface area contributed by atoms with Crippen molar-refractivity contribution < 1.29 is 14.3 Å². The number of fused-ring (bicyclic) bond motifs is 2. The number of hydrogen-bond acceptors (Lipinski definition) is 3. The summed E-state index contributed by atoms with van der Waals surface area (Å²) in [4.78, 5) is 25.5. The average molecular weight is 251 g/mol. The van der Waals surface area contributed by atoms with Crippen molar-refractivity contribution in [1.82, 2.24) is 4.90 Å². The van der Waals surface area contributed by atoms with Gasteiger partial charge >= 0.3 is 5.97 Å². The second-order valence-electron chi connectivity index (χ2n) is 5.29. The van der Waals surface area contributed by atoms with Crippen molar-refractivity contribution in [3.05, 3.63) is 12.7 Å². The molecule has 1 amide bonds. The van der Waals surface area contributed by atoms with Crippen molar-refractivity contribution >= 4 is 11.9 Å². The smallest absolute Gasteiger partial charge is 0.310 e. The third-order valence-corrected chi connectivity index (χ3v) is 3.95. The quantitative estimate of drug-likeness (QED) is 0.410. The van der Waals surface area contributed by atoms with E-state index in [2.05, 4.69) is 6.58 Å². The number of nitrogens with zero attached hydrogens (tertiary/aromatic N) is 1. The molecule has 2 aliphatic rings. The van der Waals surface area contributed by atoms with E-state index in [-0.39, 0.29) is 29.8 Å². The molecule has 1 saturated heterocycles. The molecule has 1 aliphatic heterocycles. The number of allylic oxidation sites excluding steroid dienone is 1. The van der Waals surface area contributed by atoms with Gasteiger partial charge in [-0.3, -0.25) is 9.59 Å². The Balaban J connectivity index is 1.80. The molecule has 100 valence electrons. The third-order valence-electron chi connectivity index (χ3n) is 3.95. The number of ether oxygens (including phenoxy) is 1. The van der Waals surface area contributed by atoms with Crippen LogP contribution in [0.1, 0.15) is 32.1 Å². The fourth-order valence-corrected chi connectivity index (χ4v) is 2.90. The van der Waals surface area contributed by atoms with Crippen molar-refractivity contribution in [2.75, 3.05) is 13.6 Å². The minimum absolute atomic E-state index is 0.00869. The highest BCUT2D eigenvalue weighted by Gasteiger charge is 2.51. The van der Waals surface area contributed by atoms with Gasteiger partial charge in [0.25, 0.3) is 0 Å². The van der Waals surface area contributed by atoms with E-state index in [9.17, 15) is 9.59 Å². The fourth-order valence-electron chi connectivity index (χ4n) is 2.90. The van der Waals surface area contributed by atoms with Crippen LogP contribution in [0.15, 0.2) is 12.7 Å². The standard InChI is InChI=1S/C14H21NO3/c1-3-4-5-6-7-15(2)13(16)11-8-10-9-12(11)14(17)18-10/h3,10-12H,1,4-9H2,2H3/t10-,11-,12+/m1/s1. The highest BCUT2D eigenvalue weighted by atomic mass is 16.6. The molecule has 0 spiro atoms. The van der Waals surface area contributed by atoms with E-state index in [4.69, 9.17) is 4.74 Å². The third kappa shape index (κ3) is 2.57. The van der Waals surface area contributed by atoms with Gasteiger partial charge in [-0.05, 0) is 32.1 Å². The zero-order valence-corrected chi connectivity index (χ0v) is 10.9. The zero-order chi connectivity index (χ0) is 13.1. The van der Waals surface area contributed by atoms with Crippen LogP contribution in [-0.4, -0.2) is 36.5 Å². The summed E-state index contributed by atoms with van der Waals surface area (Å²) >= 11 is 0. The van der Waals surface area contributed by atoms with Gasteiger partial charge < -0.3 is 9.64 Å². The minimum Gasteiger partial charge on any atom is -0.462 e.